The second-order valence-electron chi connectivity index (χ2n) is 6.55. The van der Waals surface area contributed by atoms with Gasteiger partial charge in [0.25, 0.3) is 5.91 Å². The standard InChI is InChI=1S/C18H20N4O2/c23-16(14-5-2-1-3-6-14)21-11-18-12-22(9-15(18)10-24-13-18)17-19-7-4-8-20-17/h1-8,15H,9-13H2,(H,21,23)/t15-,18+/m1/s1. The van der Waals surface area contributed by atoms with E-state index in [0.717, 1.165) is 25.6 Å². The van der Waals surface area contributed by atoms with Crippen molar-refractivity contribution in [1.82, 2.24) is 15.3 Å². The van der Waals surface area contributed by atoms with Gasteiger partial charge in [-0.3, -0.25) is 4.79 Å². The van der Waals surface area contributed by atoms with Crippen LogP contribution in [0.5, 0.6) is 0 Å². The third kappa shape index (κ3) is 2.73. The lowest BCUT2D eigenvalue weighted by Crippen LogP contribution is -2.43. The molecule has 1 amide bonds. The average molecular weight is 324 g/mol. The van der Waals surface area contributed by atoms with Crippen LogP contribution in [-0.2, 0) is 4.74 Å². The van der Waals surface area contributed by atoms with Gasteiger partial charge >= 0.3 is 0 Å². The second-order valence-corrected chi connectivity index (χ2v) is 6.55. The molecule has 1 aromatic heterocycles. The summed E-state index contributed by atoms with van der Waals surface area (Å²) in [4.78, 5) is 23.2. The number of aromatic nitrogens is 2. The molecule has 24 heavy (non-hydrogen) atoms. The van der Waals surface area contributed by atoms with Gasteiger partial charge in [0.2, 0.25) is 5.95 Å². The van der Waals surface area contributed by atoms with Crippen LogP contribution in [0.15, 0.2) is 48.8 Å². The Hall–Kier alpha value is -2.47. The molecule has 2 aliphatic rings. The molecule has 6 nitrogen and oxygen atoms in total. The SMILES string of the molecule is O=C(NC[C@]12COC[C@H]1CN(c1ncccn1)C2)c1ccccc1. The summed E-state index contributed by atoms with van der Waals surface area (Å²) in [6.07, 6.45) is 3.52. The van der Waals surface area contributed by atoms with Gasteiger partial charge in [0.15, 0.2) is 0 Å². The lowest BCUT2D eigenvalue weighted by molar-refractivity contribution is 0.0920. The van der Waals surface area contributed by atoms with E-state index >= 15 is 0 Å². The lowest BCUT2D eigenvalue weighted by atomic mass is 9.81. The topological polar surface area (TPSA) is 67.3 Å². The molecule has 2 saturated heterocycles. The van der Waals surface area contributed by atoms with E-state index < -0.39 is 0 Å². The molecule has 2 aromatic rings. The summed E-state index contributed by atoms with van der Waals surface area (Å²) in [6, 6.07) is 11.1. The maximum atomic E-state index is 12.3. The van der Waals surface area contributed by atoms with Crippen molar-refractivity contribution in [3.63, 3.8) is 0 Å². The Kier molecular flexibility index (Phi) is 3.90. The van der Waals surface area contributed by atoms with Gasteiger partial charge in [0.1, 0.15) is 0 Å². The zero-order valence-electron chi connectivity index (χ0n) is 13.4. The van der Waals surface area contributed by atoms with E-state index in [1.54, 1.807) is 12.4 Å². The van der Waals surface area contributed by atoms with Crippen molar-refractivity contribution in [2.24, 2.45) is 11.3 Å². The fourth-order valence-corrected chi connectivity index (χ4v) is 3.64. The highest BCUT2D eigenvalue weighted by Crippen LogP contribution is 2.41. The molecular formula is C18H20N4O2. The van der Waals surface area contributed by atoms with E-state index in [1.165, 1.54) is 0 Å². The van der Waals surface area contributed by atoms with Crippen molar-refractivity contribution in [3.05, 3.63) is 54.4 Å². The molecule has 6 heteroatoms. The molecule has 3 heterocycles. The predicted octanol–water partition coefficient (Wildman–Crippen LogP) is 1.36. The third-order valence-electron chi connectivity index (χ3n) is 4.99. The van der Waals surface area contributed by atoms with Crippen molar-refractivity contribution < 1.29 is 9.53 Å². The first kappa shape index (κ1) is 15.1. The molecule has 0 spiro atoms. The number of anilines is 1. The minimum Gasteiger partial charge on any atom is -0.380 e. The van der Waals surface area contributed by atoms with Crippen LogP contribution in [0, 0.1) is 11.3 Å². The van der Waals surface area contributed by atoms with Crippen LogP contribution in [0.4, 0.5) is 5.95 Å². The fraction of sp³-hybridized carbons (Fsp3) is 0.389. The highest BCUT2D eigenvalue weighted by atomic mass is 16.5. The minimum atomic E-state index is -0.0658. The summed E-state index contributed by atoms with van der Waals surface area (Å²) in [6.45, 7) is 3.66. The summed E-state index contributed by atoms with van der Waals surface area (Å²) in [5.74, 6) is 1.10. The number of rotatable bonds is 4. The molecule has 4 rings (SSSR count). The molecule has 0 unspecified atom stereocenters. The smallest absolute Gasteiger partial charge is 0.251 e. The van der Waals surface area contributed by atoms with Crippen LogP contribution in [0.1, 0.15) is 10.4 Å². The average Bonchev–Trinajstić information content (AvgIpc) is 3.18. The Morgan fingerprint density at radius 2 is 2.04 bits per heavy atom. The zero-order valence-corrected chi connectivity index (χ0v) is 13.4. The molecule has 0 bridgehead atoms. The van der Waals surface area contributed by atoms with E-state index in [4.69, 9.17) is 4.74 Å². The van der Waals surface area contributed by atoms with Crippen LogP contribution in [0.25, 0.3) is 0 Å². The second kappa shape index (κ2) is 6.20. The minimum absolute atomic E-state index is 0.0370. The number of hydrogen-bond acceptors (Lipinski definition) is 5. The van der Waals surface area contributed by atoms with E-state index in [-0.39, 0.29) is 11.3 Å². The number of hydrogen-bond donors (Lipinski definition) is 1. The van der Waals surface area contributed by atoms with E-state index in [9.17, 15) is 4.79 Å². The van der Waals surface area contributed by atoms with Crippen molar-refractivity contribution >= 4 is 11.9 Å². The number of ether oxygens (including phenoxy) is 1. The maximum Gasteiger partial charge on any atom is 0.251 e. The van der Waals surface area contributed by atoms with Gasteiger partial charge in [-0.15, -0.1) is 0 Å². The summed E-state index contributed by atoms with van der Waals surface area (Å²) in [5, 5.41) is 3.09. The van der Waals surface area contributed by atoms with Gasteiger partial charge in [-0.2, -0.15) is 0 Å². The van der Waals surface area contributed by atoms with Crippen molar-refractivity contribution in [2.75, 3.05) is 37.7 Å². The van der Waals surface area contributed by atoms with Crippen molar-refractivity contribution in [2.45, 2.75) is 0 Å². The number of amides is 1. The number of carbonyl (C=O) groups is 1. The van der Waals surface area contributed by atoms with Crippen molar-refractivity contribution in [3.8, 4) is 0 Å². The van der Waals surface area contributed by atoms with Gasteiger partial charge < -0.3 is 15.0 Å². The molecule has 2 atom stereocenters. The molecular weight excluding hydrogens is 304 g/mol. The molecule has 0 radical (unpaired) electrons. The van der Waals surface area contributed by atoms with Gasteiger partial charge in [-0.1, -0.05) is 18.2 Å². The Labute approximate surface area is 140 Å². The molecule has 1 N–H and O–H groups in total. The Morgan fingerprint density at radius 3 is 2.83 bits per heavy atom. The van der Waals surface area contributed by atoms with Crippen LogP contribution in [0.3, 0.4) is 0 Å². The number of nitrogens with one attached hydrogen (secondary N) is 1. The largest absolute Gasteiger partial charge is 0.380 e. The third-order valence-corrected chi connectivity index (χ3v) is 4.99. The van der Waals surface area contributed by atoms with Crippen LogP contribution < -0.4 is 10.2 Å². The summed E-state index contributed by atoms with van der Waals surface area (Å²) in [5.41, 5.74) is 0.620. The molecule has 0 saturated carbocycles. The molecule has 2 fully saturated rings. The maximum absolute atomic E-state index is 12.3. The zero-order chi connectivity index (χ0) is 16.4. The summed E-state index contributed by atoms with van der Waals surface area (Å²) < 4.78 is 5.72. The molecule has 1 aromatic carbocycles. The van der Waals surface area contributed by atoms with Gasteiger partial charge in [0.05, 0.1) is 13.2 Å². The summed E-state index contributed by atoms with van der Waals surface area (Å²) >= 11 is 0. The first-order chi connectivity index (χ1) is 11.8. The first-order valence-corrected chi connectivity index (χ1v) is 8.20. The number of carbonyl (C=O) groups excluding carboxylic acids is 1. The van der Waals surface area contributed by atoms with Gasteiger partial charge in [-0.25, -0.2) is 9.97 Å². The predicted molar refractivity (Wildman–Crippen MR) is 89.8 cm³/mol. The number of benzene rings is 1. The Balaban J connectivity index is 1.46. The van der Waals surface area contributed by atoms with Crippen LogP contribution in [-0.4, -0.2) is 48.7 Å². The van der Waals surface area contributed by atoms with Gasteiger partial charge in [0, 0.05) is 48.9 Å². The summed E-state index contributed by atoms with van der Waals surface area (Å²) in [7, 11) is 0. The normalized spacial score (nSPS) is 25.5. The van der Waals surface area contributed by atoms with Crippen molar-refractivity contribution in [1.29, 1.82) is 0 Å². The monoisotopic (exact) mass is 324 g/mol. The van der Waals surface area contributed by atoms with E-state index in [0.29, 0.717) is 24.6 Å². The lowest BCUT2D eigenvalue weighted by Gasteiger charge is -2.27. The quantitative estimate of drug-likeness (QED) is 0.920. The molecule has 2 aliphatic heterocycles. The Bertz CT molecular complexity index is 709. The highest BCUT2D eigenvalue weighted by Gasteiger charge is 2.51. The highest BCUT2D eigenvalue weighted by molar-refractivity contribution is 5.94. The van der Waals surface area contributed by atoms with E-state index in [1.807, 2.05) is 36.4 Å². The van der Waals surface area contributed by atoms with E-state index in [2.05, 4.69) is 20.2 Å². The van der Waals surface area contributed by atoms with Crippen LogP contribution in [0.2, 0.25) is 0 Å². The fourth-order valence-electron chi connectivity index (χ4n) is 3.64. The Morgan fingerprint density at radius 1 is 1.25 bits per heavy atom. The number of nitrogens with zero attached hydrogens (tertiary/aromatic N) is 3. The molecule has 0 aliphatic carbocycles. The van der Waals surface area contributed by atoms with Crippen LogP contribution >= 0.6 is 0 Å². The molecule has 124 valence electrons. The first-order valence-electron chi connectivity index (χ1n) is 8.20. The number of fused-ring (bicyclic) bond motifs is 1. The van der Waals surface area contributed by atoms with Gasteiger partial charge in [-0.05, 0) is 18.2 Å².